The summed E-state index contributed by atoms with van der Waals surface area (Å²) in [5.74, 6) is 0.0902. The molecule has 1 aromatic heterocycles. The molecule has 1 heterocycles. The van der Waals surface area contributed by atoms with Gasteiger partial charge in [-0.25, -0.2) is 0 Å². The predicted molar refractivity (Wildman–Crippen MR) is 77.3 cm³/mol. The maximum atomic E-state index is 11.3. The molecule has 0 amide bonds. The molecule has 0 aliphatic heterocycles. The quantitative estimate of drug-likeness (QED) is 0.515. The summed E-state index contributed by atoms with van der Waals surface area (Å²) in [5, 5.41) is 0. The summed E-state index contributed by atoms with van der Waals surface area (Å²) >= 11 is 11.1. The molecule has 88 valence electrons. The minimum atomic E-state index is -0.120. The van der Waals surface area contributed by atoms with Gasteiger partial charge in [0.25, 0.3) is 0 Å². The molecule has 0 aliphatic rings. The molecule has 0 saturated carbocycles. The first kappa shape index (κ1) is 17.9. The Morgan fingerprint density at radius 1 is 1.44 bits per heavy atom. The number of carbonyl (C=O) groups excluding carboxylic acids is 1. The number of nitrogens with two attached hydrogens (primary N) is 1. The average Bonchev–Trinajstić information content (AvgIpc) is 2.33. The number of pyridine rings is 1. The molecule has 0 bridgehead atoms. The van der Waals surface area contributed by atoms with E-state index in [0.717, 1.165) is 0 Å². The highest BCUT2D eigenvalue weighted by Gasteiger charge is 2.10. The van der Waals surface area contributed by atoms with Crippen LogP contribution in [-0.2, 0) is 0 Å². The lowest BCUT2D eigenvalue weighted by Crippen LogP contribution is -2.09. The number of Topliss-reactive ketones (excluding diaryl/α,β-unsaturated/α-hetero) is 1. The second-order valence-corrected chi connectivity index (χ2v) is 4.34. The molecule has 16 heavy (non-hydrogen) atoms. The van der Waals surface area contributed by atoms with E-state index in [-0.39, 0.29) is 10.6 Å². The third kappa shape index (κ3) is 8.76. The number of ketones is 1. The third-order valence-corrected chi connectivity index (χ3v) is 1.74. The fourth-order valence-corrected chi connectivity index (χ4v) is 1.01. The monoisotopic (exact) mass is 320 g/mol. The van der Waals surface area contributed by atoms with Gasteiger partial charge in [-0.3, -0.25) is 9.78 Å². The van der Waals surface area contributed by atoms with E-state index in [9.17, 15) is 4.79 Å². The van der Waals surface area contributed by atoms with Crippen LogP contribution in [-0.4, -0.2) is 27.0 Å². The number of alkyl halides is 1. The van der Waals surface area contributed by atoms with Gasteiger partial charge in [-0.1, -0.05) is 15.9 Å². The molecule has 0 aromatic carbocycles. The second kappa shape index (κ2) is 12.5. The molecule has 0 saturated heterocycles. The summed E-state index contributed by atoms with van der Waals surface area (Å²) in [4.78, 5) is 15.0. The van der Waals surface area contributed by atoms with Crippen LogP contribution >= 0.6 is 40.4 Å². The maximum Gasteiger partial charge on any atom is 0.176 e. The van der Waals surface area contributed by atoms with Crippen LogP contribution < -0.4 is 5.73 Å². The standard InChI is InChI=1S/C8H8BrNO.CH5N.CS2/c1-6(9)8(11)7-2-4-10-5-3-7;1-2;2-1-3/h2-6H,1H3;2H2,1H3;. The van der Waals surface area contributed by atoms with Gasteiger partial charge < -0.3 is 5.73 Å². The summed E-state index contributed by atoms with van der Waals surface area (Å²) in [6, 6.07) is 3.42. The Balaban J connectivity index is 0. The molecule has 0 aliphatic carbocycles. The molecule has 2 N–H and O–H groups in total. The lowest BCUT2D eigenvalue weighted by Gasteiger charge is -2.00. The van der Waals surface area contributed by atoms with Gasteiger partial charge in [-0.05, 0) is 50.5 Å². The minimum Gasteiger partial charge on any atom is -0.333 e. The van der Waals surface area contributed by atoms with Crippen LogP contribution in [0.25, 0.3) is 0 Å². The maximum absolute atomic E-state index is 11.3. The highest BCUT2D eigenvalue weighted by atomic mass is 79.9. The zero-order valence-corrected chi connectivity index (χ0v) is 12.2. The van der Waals surface area contributed by atoms with Crippen molar-refractivity contribution in [2.24, 2.45) is 5.73 Å². The minimum absolute atomic E-state index is 0.0902. The Labute approximate surface area is 115 Å². The molecule has 1 unspecified atom stereocenters. The number of carbonyl (C=O) groups is 1. The smallest absolute Gasteiger partial charge is 0.176 e. The zero-order chi connectivity index (χ0) is 13.0. The van der Waals surface area contributed by atoms with E-state index in [2.05, 4.69) is 51.1 Å². The number of halogens is 1. The molecule has 6 heteroatoms. The Morgan fingerprint density at radius 3 is 2.12 bits per heavy atom. The van der Waals surface area contributed by atoms with Crippen LogP contribution in [0, 0.1) is 0 Å². The molecule has 0 spiro atoms. The van der Waals surface area contributed by atoms with Gasteiger partial charge >= 0.3 is 0 Å². The first-order valence-corrected chi connectivity index (χ1v) is 6.02. The summed E-state index contributed by atoms with van der Waals surface area (Å²) < 4.78 is 1.92. The fraction of sp³-hybridized carbons (Fsp3) is 0.300. The van der Waals surface area contributed by atoms with E-state index in [4.69, 9.17) is 0 Å². The van der Waals surface area contributed by atoms with Gasteiger partial charge in [0.2, 0.25) is 0 Å². The Bertz CT molecular complexity index is 325. The van der Waals surface area contributed by atoms with Gasteiger partial charge in [-0.15, -0.1) is 0 Å². The van der Waals surface area contributed by atoms with Crippen LogP contribution in [0.4, 0.5) is 0 Å². The summed E-state index contributed by atoms with van der Waals surface area (Å²) in [6.45, 7) is 1.81. The number of thiocarbonyl (C=S) groups is 2. The second-order valence-electron chi connectivity index (χ2n) is 2.30. The van der Waals surface area contributed by atoms with Crippen LogP contribution in [0.15, 0.2) is 24.5 Å². The Kier molecular flexibility index (Phi) is 14.0. The van der Waals surface area contributed by atoms with E-state index in [1.165, 1.54) is 7.05 Å². The van der Waals surface area contributed by atoms with Gasteiger partial charge in [0.15, 0.2) is 5.78 Å². The van der Waals surface area contributed by atoms with Crippen LogP contribution in [0.2, 0.25) is 0 Å². The summed E-state index contributed by atoms with van der Waals surface area (Å²) in [7, 11) is 1.50. The fourth-order valence-electron chi connectivity index (χ4n) is 0.746. The van der Waals surface area contributed by atoms with Gasteiger partial charge in [0, 0.05) is 22.3 Å². The Hall–Kier alpha value is -0.520. The largest absolute Gasteiger partial charge is 0.333 e. The molecule has 1 atom stereocenters. The van der Waals surface area contributed by atoms with Gasteiger partial charge in [-0.2, -0.15) is 0 Å². The van der Waals surface area contributed by atoms with Crippen LogP contribution in [0.3, 0.4) is 0 Å². The molecule has 0 radical (unpaired) electrons. The number of hydrogen-bond donors (Lipinski definition) is 1. The Morgan fingerprint density at radius 2 is 1.81 bits per heavy atom. The number of aromatic nitrogens is 1. The number of nitrogens with zero attached hydrogens (tertiary/aromatic N) is 1. The van der Waals surface area contributed by atoms with Crippen molar-refractivity contribution in [1.29, 1.82) is 0 Å². The first-order valence-electron chi connectivity index (χ1n) is 4.28. The van der Waals surface area contributed by atoms with Crippen molar-refractivity contribution in [2.75, 3.05) is 7.05 Å². The molecule has 1 aromatic rings. The molecular formula is C10H13BrN2OS2. The van der Waals surface area contributed by atoms with E-state index in [1.54, 1.807) is 24.5 Å². The van der Waals surface area contributed by atoms with Crippen LogP contribution in [0.1, 0.15) is 17.3 Å². The third-order valence-electron chi connectivity index (χ3n) is 1.33. The van der Waals surface area contributed by atoms with Crippen molar-refractivity contribution < 1.29 is 4.79 Å². The summed E-state index contributed by atoms with van der Waals surface area (Å²) in [6.07, 6.45) is 3.23. The van der Waals surface area contributed by atoms with Crippen molar-refractivity contribution in [3.05, 3.63) is 30.1 Å². The van der Waals surface area contributed by atoms with Crippen molar-refractivity contribution in [3.8, 4) is 0 Å². The normalized spacial score (nSPS) is 9.50. The van der Waals surface area contributed by atoms with E-state index in [1.807, 2.05) is 11.2 Å². The van der Waals surface area contributed by atoms with Gasteiger partial charge in [0.05, 0.1) is 4.83 Å². The molecular weight excluding hydrogens is 308 g/mol. The number of hydrogen-bond acceptors (Lipinski definition) is 5. The molecule has 1 rings (SSSR count). The van der Waals surface area contributed by atoms with Crippen molar-refractivity contribution in [2.45, 2.75) is 11.8 Å². The average molecular weight is 321 g/mol. The lowest BCUT2D eigenvalue weighted by molar-refractivity contribution is 0.0995. The van der Waals surface area contributed by atoms with E-state index in [0.29, 0.717) is 5.56 Å². The topological polar surface area (TPSA) is 56.0 Å². The van der Waals surface area contributed by atoms with Crippen LogP contribution in [0.5, 0.6) is 0 Å². The first-order chi connectivity index (χ1) is 7.63. The number of rotatable bonds is 2. The molecule has 3 nitrogen and oxygen atoms in total. The summed E-state index contributed by atoms with van der Waals surface area (Å²) in [5.41, 5.74) is 5.20. The van der Waals surface area contributed by atoms with Crippen molar-refractivity contribution >= 4 is 50.5 Å². The highest BCUT2D eigenvalue weighted by molar-refractivity contribution is 9.10. The SMILES string of the molecule is CC(Br)C(=O)c1ccncc1.CN.S=C=S. The predicted octanol–water partition coefficient (Wildman–Crippen LogP) is 2.64. The van der Waals surface area contributed by atoms with E-state index >= 15 is 0 Å². The molecule has 0 fully saturated rings. The zero-order valence-electron chi connectivity index (χ0n) is 9.01. The highest BCUT2D eigenvalue weighted by Crippen LogP contribution is 2.07. The van der Waals surface area contributed by atoms with E-state index < -0.39 is 0 Å². The van der Waals surface area contributed by atoms with Gasteiger partial charge in [0.1, 0.15) is 0 Å². The van der Waals surface area contributed by atoms with Crippen molar-refractivity contribution in [3.63, 3.8) is 0 Å². The van der Waals surface area contributed by atoms with Crippen molar-refractivity contribution in [1.82, 2.24) is 4.98 Å². The lowest BCUT2D eigenvalue weighted by atomic mass is 10.1.